The summed E-state index contributed by atoms with van der Waals surface area (Å²) in [5, 5.41) is 0.727. The third kappa shape index (κ3) is 2.30. The van der Waals surface area contributed by atoms with Crippen LogP contribution in [0.25, 0.3) is 0 Å². The second-order valence-electron chi connectivity index (χ2n) is 5.42. The lowest BCUT2D eigenvalue weighted by molar-refractivity contribution is 0.352. The van der Waals surface area contributed by atoms with E-state index >= 15 is 0 Å². The zero-order chi connectivity index (χ0) is 14.3. The predicted molar refractivity (Wildman–Crippen MR) is 82.6 cm³/mol. The molecule has 0 bridgehead atoms. The second-order valence-corrected chi connectivity index (χ2v) is 5.86. The molecule has 0 fully saturated rings. The first-order valence-electron chi connectivity index (χ1n) is 6.84. The first-order valence-corrected chi connectivity index (χ1v) is 7.22. The molecule has 1 heterocycles. The van der Waals surface area contributed by atoms with E-state index in [0.717, 1.165) is 33.9 Å². The Morgan fingerprint density at radius 3 is 2.75 bits per heavy atom. The third-order valence-electron chi connectivity index (χ3n) is 3.88. The quantitative estimate of drug-likeness (QED) is 0.908. The highest BCUT2D eigenvalue weighted by molar-refractivity contribution is 6.30. The molecule has 1 unspecified atom stereocenters. The molecule has 2 nitrogen and oxygen atoms in total. The summed E-state index contributed by atoms with van der Waals surface area (Å²) in [7, 11) is 0. The Balaban J connectivity index is 2.11. The number of ether oxygens (including phenoxy) is 1. The van der Waals surface area contributed by atoms with Gasteiger partial charge in [0.1, 0.15) is 5.75 Å². The molecule has 3 rings (SSSR count). The molecule has 1 aliphatic heterocycles. The van der Waals surface area contributed by atoms with E-state index in [1.165, 1.54) is 11.1 Å². The van der Waals surface area contributed by atoms with Gasteiger partial charge in [-0.2, -0.15) is 0 Å². The Kier molecular flexibility index (Phi) is 3.45. The number of aryl methyl sites for hydroxylation is 2. The minimum Gasteiger partial charge on any atom is -0.493 e. The van der Waals surface area contributed by atoms with Crippen molar-refractivity contribution >= 4 is 11.6 Å². The summed E-state index contributed by atoms with van der Waals surface area (Å²) in [6, 6.07) is 10.0. The van der Waals surface area contributed by atoms with Crippen molar-refractivity contribution in [1.29, 1.82) is 0 Å². The minimum absolute atomic E-state index is 0.208. The fourth-order valence-electron chi connectivity index (χ4n) is 2.79. The summed E-state index contributed by atoms with van der Waals surface area (Å²) < 4.78 is 5.76. The van der Waals surface area contributed by atoms with Crippen LogP contribution in [-0.4, -0.2) is 6.61 Å². The molecule has 0 spiro atoms. The van der Waals surface area contributed by atoms with Crippen molar-refractivity contribution in [3.63, 3.8) is 0 Å². The van der Waals surface area contributed by atoms with Crippen LogP contribution in [0.2, 0.25) is 5.02 Å². The molecular formula is C17H18ClNO. The highest BCUT2D eigenvalue weighted by Crippen LogP contribution is 2.38. The Morgan fingerprint density at radius 2 is 1.95 bits per heavy atom. The summed E-state index contributed by atoms with van der Waals surface area (Å²) in [4.78, 5) is 0. The number of halogens is 1. The lowest BCUT2D eigenvalue weighted by Gasteiger charge is -2.19. The standard InChI is InChI=1S/C17H18ClNO/c1-10-3-4-11(2)14(7-10)16(19)15-9-13(18)8-12-5-6-20-17(12)15/h3-4,7-9,16H,5-6,19H2,1-2H3. The number of benzene rings is 2. The first-order chi connectivity index (χ1) is 9.56. The van der Waals surface area contributed by atoms with Crippen LogP contribution in [-0.2, 0) is 6.42 Å². The molecule has 0 aromatic heterocycles. The van der Waals surface area contributed by atoms with Crippen LogP contribution in [0.5, 0.6) is 5.75 Å². The number of nitrogens with two attached hydrogens (primary N) is 1. The van der Waals surface area contributed by atoms with Gasteiger partial charge in [-0.25, -0.2) is 0 Å². The van der Waals surface area contributed by atoms with Crippen molar-refractivity contribution in [3.05, 3.63) is 63.2 Å². The van der Waals surface area contributed by atoms with Gasteiger partial charge in [0.2, 0.25) is 0 Å². The Hall–Kier alpha value is -1.51. The minimum atomic E-state index is -0.208. The topological polar surface area (TPSA) is 35.2 Å². The van der Waals surface area contributed by atoms with Gasteiger partial charge >= 0.3 is 0 Å². The molecule has 1 aliphatic rings. The molecule has 0 saturated heterocycles. The Labute approximate surface area is 124 Å². The van der Waals surface area contributed by atoms with Gasteiger partial charge in [0.05, 0.1) is 12.6 Å². The molecule has 0 saturated carbocycles. The summed E-state index contributed by atoms with van der Waals surface area (Å²) in [5.41, 5.74) is 12.2. The number of hydrogen-bond acceptors (Lipinski definition) is 2. The molecule has 3 heteroatoms. The van der Waals surface area contributed by atoms with E-state index in [9.17, 15) is 0 Å². The van der Waals surface area contributed by atoms with Gasteiger partial charge in [0.15, 0.2) is 0 Å². The van der Waals surface area contributed by atoms with E-state index < -0.39 is 0 Å². The molecule has 0 amide bonds. The van der Waals surface area contributed by atoms with Crippen molar-refractivity contribution in [1.82, 2.24) is 0 Å². The van der Waals surface area contributed by atoms with Gasteiger partial charge in [-0.15, -0.1) is 0 Å². The summed E-state index contributed by atoms with van der Waals surface area (Å²) in [5.74, 6) is 0.919. The van der Waals surface area contributed by atoms with Gasteiger partial charge in [-0.1, -0.05) is 35.4 Å². The molecule has 104 valence electrons. The van der Waals surface area contributed by atoms with E-state index in [4.69, 9.17) is 22.1 Å². The molecule has 2 N–H and O–H groups in total. The average molecular weight is 288 g/mol. The van der Waals surface area contributed by atoms with Crippen LogP contribution in [0.15, 0.2) is 30.3 Å². The van der Waals surface area contributed by atoms with Crippen LogP contribution < -0.4 is 10.5 Å². The lowest BCUT2D eigenvalue weighted by Crippen LogP contribution is -2.14. The molecular weight excluding hydrogens is 270 g/mol. The Bertz CT molecular complexity index is 666. The highest BCUT2D eigenvalue weighted by Gasteiger charge is 2.23. The molecule has 1 atom stereocenters. The maximum Gasteiger partial charge on any atom is 0.127 e. The number of hydrogen-bond donors (Lipinski definition) is 1. The molecule has 2 aromatic rings. The van der Waals surface area contributed by atoms with Gasteiger partial charge in [-0.05, 0) is 42.7 Å². The fourth-order valence-corrected chi connectivity index (χ4v) is 3.04. The largest absolute Gasteiger partial charge is 0.493 e. The normalized spacial score (nSPS) is 14.8. The van der Waals surface area contributed by atoms with Gasteiger partial charge < -0.3 is 10.5 Å². The van der Waals surface area contributed by atoms with Gasteiger partial charge in [0, 0.05) is 17.0 Å². The number of rotatable bonds is 2. The van der Waals surface area contributed by atoms with Crippen molar-refractivity contribution < 1.29 is 4.74 Å². The van der Waals surface area contributed by atoms with Crippen molar-refractivity contribution in [2.45, 2.75) is 26.3 Å². The molecule has 0 radical (unpaired) electrons. The van der Waals surface area contributed by atoms with Crippen molar-refractivity contribution in [2.24, 2.45) is 5.73 Å². The van der Waals surface area contributed by atoms with Crippen molar-refractivity contribution in [3.8, 4) is 5.75 Å². The summed E-state index contributed by atoms with van der Waals surface area (Å²) in [6.45, 7) is 4.87. The highest BCUT2D eigenvalue weighted by atomic mass is 35.5. The van der Waals surface area contributed by atoms with Crippen LogP contribution in [0.4, 0.5) is 0 Å². The van der Waals surface area contributed by atoms with Crippen molar-refractivity contribution in [2.75, 3.05) is 6.61 Å². The van der Waals surface area contributed by atoms with E-state index in [0.29, 0.717) is 6.61 Å². The van der Waals surface area contributed by atoms with Gasteiger partial charge in [0.25, 0.3) is 0 Å². The lowest BCUT2D eigenvalue weighted by atomic mass is 9.92. The smallest absolute Gasteiger partial charge is 0.127 e. The van der Waals surface area contributed by atoms with Crippen LogP contribution in [0.3, 0.4) is 0 Å². The van der Waals surface area contributed by atoms with Gasteiger partial charge in [-0.3, -0.25) is 0 Å². The first kappa shape index (κ1) is 13.5. The number of fused-ring (bicyclic) bond motifs is 1. The summed E-state index contributed by atoms with van der Waals surface area (Å²) in [6.07, 6.45) is 0.905. The zero-order valence-electron chi connectivity index (χ0n) is 11.7. The summed E-state index contributed by atoms with van der Waals surface area (Å²) >= 11 is 6.22. The van der Waals surface area contributed by atoms with E-state index in [1.807, 2.05) is 12.1 Å². The van der Waals surface area contributed by atoms with Crippen LogP contribution in [0.1, 0.15) is 33.9 Å². The second kappa shape index (κ2) is 5.12. The van der Waals surface area contributed by atoms with E-state index in [2.05, 4.69) is 32.0 Å². The molecule has 2 aromatic carbocycles. The van der Waals surface area contributed by atoms with Crippen LogP contribution in [0, 0.1) is 13.8 Å². The fraction of sp³-hybridized carbons (Fsp3) is 0.294. The Morgan fingerprint density at radius 1 is 1.15 bits per heavy atom. The van der Waals surface area contributed by atoms with Crippen LogP contribution >= 0.6 is 11.6 Å². The maximum atomic E-state index is 6.49. The predicted octanol–water partition coefficient (Wildman–Crippen LogP) is 3.94. The molecule has 0 aliphatic carbocycles. The van der Waals surface area contributed by atoms with E-state index in [1.54, 1.807) is 0 Å². The molecule has 20 heavy (non-hydrogen) atoms. The van der Waals surface area contributed by atoms with E-state index in [-0.39, 0.29) is 6.04 Å². The SMILES string of the molecule is Cc1ccc(C)c(C(N)c2cc(Cl)cc3c2OCC3)c1. The average Bonchev–Trinajstić information content (AvgIpc) is 2.87. The maximum absolute atomic E-state index is 6.49. The monoisotopic (exact) mass is 287 g/mol. The third-order valence-corrected chi connectivity index (χ3v) is 4.10. The zero-order valence-corrected chi connectivity index (χ0v) is 12.5.